The number of amides is 1. The van der Waals surface area contributed by atoms with Crippen molar-refractivity contribution in [2.24, 2.45) is 0 Å². The van der Waals surface area contributed by atoms with Gasteiger partial charge in [-0.05, 0) is 69.4 Å². The molecule has 13 nitrogen and oxygen atoms in total. The molecule has 2 aliphatic rings. The summed E-state index contributed by atoms with van der Waals surface area (Å²) in [7, 11) is -0.270. The Morgan fingerprint density at radius 1 is 0.923 bits per heavy atom. The molecule has 2 heterocycles. The van der Waals surface area contributed by atoms with Crippen LogP contribution in [-0.2, 0) is 55.9 Å². The molecular weight excluding hydrogens is 692 g/mol. The molecule has 0 aliphatic carbocycles. The molecule has 0 spiro atoms. The van der Waals surface area contributed by atoms with Crippen LogP contribution in [0.2, 0.25) is 0 Å². The van der Waals surface area contributed by atoms with Crippen LogP contribution in [0.25, 0.3) is 0 Å². The molecule has 2 aliphatic heterocycles. The second kappa shape index (κ2) is 19.9. The standard InChI is InChI=1S/C38H58N2O11S/c1-28(51-52(7,42)43)15-19-47-34-24-40(37(41)50-38(2,3)4)25-35(36(34)31-12-9-29(10-13-31)26-46-22-21-45-6)49-27-30-11-14-33-32(23-30)39(17-20-48-33)16-8-18-44-5/h9-14,23,28,34-36H,8,15-22,24-27H2,1-7H3/t28-,34-,35+,36+/m1/s1. The Kier molecular flexibility index (Phi) is 16.0. The first-order valence-corrected chi connectivity index (χ1v) is 19.8. The average molecular weight is 751 g/mol. The Morgan fingerprint density at radius 3 is 2.29 bits per heavy atom. The fraction of sp³-hybridized carbons (Fsp3) is 0.658. The van der Waals surface area contributed by atoms with Crippen molar-refractivity contribution in [2.45, 2.75) is 83.6 Å². The lowest BCUT2D eigenvalue weighted by atomic mass is 9.84. The molecule has 0 aromatic heterocycles. The zero-order valence-electron chi connectivity index (χ0n) is 31.8. The lowest BCUT2D eigenvalue weighted by molar-refractivity contribution is -0.0980. The number of methoxy groups -OCH3 is 2. The Bertz CT molecular complexity index is 1500. The van der Waals surface area contributed by atoms with Crippen LogP contribution < -0.4 is 9.64 Å². The van der Waals surface area contributed by atoms with Gasteiger partial charge in [0.25, 0.3) is 10.1 Å². The van der Waals surface area contributed by atoms with Crippen LogP contribution in [0.4, 0.5) is 10.5 Å². The summed E-state index contributed by atoms with van der Waals surface area (Å²) >= 11 is 0. The zero-order chi connectivity index (χ0) is 37.7. The Morgan fingerprint density at radius 2 is 1.62 bits per heavy atom. The van der Waals surface area contributed by atoms with E-state index in [9.17, 15) is 13.2 Å². The SMILES string of the molecule is COCCCN1CCOc2ccc(CO[C@H]3CN(C(=O)OC(C)(C)C)C[C@@H](OCC[C@@H](C)OS(C)(=O)=O)[C@@H]3c3ccc(COCCOC)cc3)cc21. The van der Waals surface area contributed by atoms with Gasteiger partial charge < -0.3 is 43.0 Å². The summed E-state index contributed by atoms with van der Waals surface area (Å²) in [5.41, 5.74) is 3.30. The van der Waals surface area contributed by atoms with Crippen LogP contribution in [0.1, 0.15) is 63.1 Å². The lowest BCUT2D eigenvalue weighted by Crippen LogP contribution is -2.55. The number of carbonyl (C=O) groups is 1. The molecule has 1 saturated heterocycles. The van der Waals surface area contributed by atoms with Crippen LogP contribution in [0.15, 0.2) is 42.5 Å². The number of fused-ring (bicyclic) bond motifs is 1. The predicted octanol–water partition coefficient (Wildman–Crippen LogP) is 5.14. The number of rotatable bonds is 19. The van der Waals surface area contributed by atoms with Crippen molar-refractivity contribution in [2.75, 3.05) is 84.6 Å². The van der Waals surface area contributed by atoms with Gasteiger partial charge in [-0.2, -0.15) is 8.42 Å². The van der Waals surface area contributed by atoms with Crippen molar-refractivity contribution in [3.8, 4) is 5.75 Å². The third-order valence-electron chi connectivity index (χ3n) is 8.74. The molecule has 292 valence electrons. The molecule has 4 rings (SSSR count). The molecule has 14 heteroatoms. The lowest BCUT2D eigenvalue weighted by Gasteiger charge is -2.44. The smallest absolute Gasteiger partial charge is 0.410 e. The zero-order valence-corrected chi connectivity index (χ0v) is 32.7. The summed E-state index contributed by atoms with van der Waals surface area (Å²) in [4.78, 5) is 17.5. The van der Waals surface area contributed by atoms with E-state index in [1.54, 1.807) is 26.0 Å². The van der Waals surface area contributed by atoms with Crippen molar-refractivity contribution in [3.05, 3.63) is 59.2 Å². The number of benzene rings is 2. The van der Waals surface area contributed by atoms with Gasteiger partial charge in [-0.25, -0.2) is 4.79 Å². The number of hydrogen-bond acceptors (Lipinski definition) is 12. The normalized spacial score (nSPS) is 19.9. The van der Waals surface area contributed by atoms with Crippen molar-refractivity contribution in [1.82, 2.24) is 4.90 Å². The van der Waals surface area contributed by atoms with Gasteiger partial charge in [-0.3, -0.25) is 4.18 Å². The van der Waals surface area contributed by atoms with Crippen LogP contribution in [-0.4, -0.2) is 123 Å². The van der Waals surface area contributed by atoms with Gasteiger partial charge in [0.2, 0.25) is 0 Å². The van der Waals surface area contributed by atoms with Gasteiger partial charge in [0.1, 0.15) is 18.0 Å². The molecule has 4 atom stereocenters. The van der Waals surface area contributed by atoms with E-state index in [0.29, 0.717) is 46.1 Å². The third kappa shape index (κ3) is 13.5. The Labute approximate surface area is 309 Å². The van der Waals surface area contributed by atoms with Gasteiger partial charge in [-0.15, -0.1) is 0 Å². The monoisotopic (exact) mass is 750 g/mol. The number of ether oxygens (including phenoxy) is 7. The highest BCUT2D eigenvalue weighted by Gasteiger charge is 2.42. The molecule has 1 amide bonds. The highest BCUT2D eigenvalue weighted by molar-refractivity contribution is 7.86. The quantitative estimate of drug-likeness (QED) is 0.139. The maximum Gasteiger partial charge on any atom is 0.410 e. The first-order chi connectivity index (χ1) is 24.8. The first kappa shape index (κ1) is 41.8. The number of nitrogens with zero attached hydrogens (tertiary/aromatic N) is 2. The number of hydrogen-bond donors (Lipinski definition) is 0. The summed E-state index contributed by atoms with van der Waals surface area (Å²) in [6.07, 6.45) is 0.277. The van der Waals surface area contributed by atoms with E-state index in [1.165, 1.54) is 0 Å². The van der Waals surface area contributed by atoms with E-state index in [-0.39, 0.29) is 25.6 Å². The molecule has 2 aromatic carbocycles. The van der Waals surface area contributed by atoms with Crippen molar-refractivity contribution >= 4 is 21.9 Å². The van der Waals surface area contributed by atoms with E-state index in [2.05, 4.69) is 23.1 Å². The summed E-state index contributed by atoms with van der Waals surface area (Å²) in [6.45, 7) is 12.6. The van der Waals surface area contributed by atoms with Crippen molar-refractivity contribution in [3.63, 3.8) is 0 Å². The summed E-state index contributed by atoms with van der Waals surface area (Å²) < 4.78 is 69.7. The van der Waals surface area contributed by atoms with Gasteiger partial charge in [0.15, 0.2) is 0 Å². The van der Waals surface area contributed by atoms with E-state index in [1.807, 2.05) is 45.0 Å². The highest BCUT2D eigenvalue weighted by atomic mass is 32.2. The first-order valence-electron chi connectivity index (χ1n) is 18.0. The van der Waals surface area contributed by atoms with E-state index >= 15 is 0 Å². The van der Waals surface area contributed by atoms with Crippen LogP contribution in [0, 0.1) is 0 Å². The predicted molar refractivity (Wildman–Crippen MR) is 197 cm³/mol. The largest absolute Gasteiger partial charge is 0.490 e. The maximum absolute atomic E-state index is 13.5. The summed E-state index contributed by atoms with van der Waals surface area (Å²) in [6, 6.07) is 14.3. The molecule has 0 N–H and O–H groups in total. The molecule has 0 unspecified atom stereocenters. The Balaban J connectivity index is 1.60. The van der Waals surface area contributed by atoms with E-state index in [0.717, 1.165) is 53.9 Å². The highest BCUT2D eigenvalue weighted by Crippen LogP contribution is 2.36. The minimum Gasteiger partial charge on any atom is -0.490 e. The minimum absolute atomic E-state index is 0.210. The molecule has 0 radical (unpaired) electrons. The van der Waals surface area contributed by atoms with Gasteiger partial charge in [0, 0.05) is 39.9 Å². The van der Waals surface area contributed by atoms with Crippen molar-refractivity contribution < 1.29 is 50.6 Å². The molecule has 0 saturated carbocycles. The second-order valence-corrected chi connectivity index (χ2v) is 15.9. The van der Waals surface area contributed by atoms with Gasteiger partial charge in [0.05, 0.1) is 76.3 Å². The molecular formula is C38H58N2O11S. The van der Waals surface area contributed by atoms with Crippen LogP contribution in [0.5, 0.6) is 5.75 Å². The molecule has 2 aromatic rings. The molecule has 1 fully saturated rings. The Hall–Kier alpha value is -2.98. The topological polar surface area (TPSA) is 132 Å². The number of likely N-dealkylation sites (tertiary alicyclic amines) is 1. The number of anilines is 1. The fourth-order valence-electron chi connectivity index (χ4n) is 6.34. The minimum atomic E-state index is -3.62. The van der Waals surface area contributed by atoms with Gasteiger partial charge >= 0.3 is 6.09 Å². The van der Waals surface area contributed by atoms with Crippen LogP contribution in [0.3, 0.4) is 0 Å². The fourth-order valence-corrected chi connectivity index (χ4v) is 7.03. The third-order valence-corrected chi connectivity index (χ3v) is 9.42. The summed E-state index contributed by atoms with van der Waals surface area (Å²) in [5, 5.41) is 0. The molecule has 52 heavy (non-hydrogen) atoms. The van der Waals surface area contributed by atoms with Crippen LogP contribution >= 0.6 is 0 Å². The maximum atomic E-state index is 13.5. The number of carbonyl (C=O) groups excluding carboxylic acids is 1. The average Bonchev–Trinajstić information content (AvgIpc) is 3.08. The van der Waals surface area contributed by atoms with Gasteiger partial charge in [-0.1, -0.05) is 30.3 Å². The molecule has 0 bridgehead atoms. The van der Waals surface area contributed by atoms with Crippen molar-refractivity contribution in [1.29, 1.82) is 0 Å². The van der Waals surface area contributed by atoms with E-state index < -0.39 is 40.1 Å². The number of piperidine rings is 1. The van der Waals surface area contributed by atoms with E-state index in [4.69, 9.17) is 37.3 Å². The second-order valence-electron chi connectivity index (χ2n) is 14.3. The summed E-state index contributed by atoms with van der Waals surface area (Å²) in [5.74, 6) is 0.577.